The summed E-state index contributed by atoms with van der Waals surface area (Å²) in [6.07, 6.45) is 0. The van der Waals surface area contributed by atoms with Crippen LogP contribution in [0, 0.1) is 13.8 Å². The van der Waals surface area contributed by atoms with Gasteiger partial charge in [0.15, 0.2) is 5.96 Å². The molecule has 2 aromatic carbocycles. The Morgan fingerprint density at radius 2 is 1.82 bits per heavy atom. The van der Waals surface area contributed by atoms with Gasteiger partial charge in [-0.3, -0.25) is 0 Å². The molecule has 4 nitrogen and oxygen atoms in total. The maximum atomic E-state index is 5.93. The summed E-state index contributed by atoms with van der Waals surface area (Å²) in [4.78, 5) is 4.36. The predicted molar refractivity (Wildman–Crippen MR) is 91.1 cm³/mol. The maximum Gasteiger partial charge on any atom is 0.193 e. The fourth-order valence-corrected chi connectivity index (χ4v) is 2.36. The molecule has 0 saturated carbocycles. The van der Waals surface area contributed by atoms with Crippen LogP contribution in [0.5, 0.6) is 0 Å². The van der Waals surface area contributed by atoms with Crippen molar-refractivity contribution in [1.29, 1.82) is 0 Å². The lowest BCUT2D eigenvalue weighted by molar-refractivity contribution is 0.549. The number of hydrogen-bond acceptors (Lipinski definition) is 2. The lowest BCUT2D eigenvalue weighted by atomic mass is 10.1. The summed E-state index contributed by atoms with van der Waals surface area (Å²) in [5.74, 6) is 1.22. The first kappa shape index (κ1) is 14.2. The Hall–Kier alpha value is -2.75. The molecule has 0 saturated heterocycles. The number of nitrogens with two attached hydrogens (primary N) is 1. The van der Waals surface area contributed by atoms with Crippen molar-refractivity contribution in [2.45, 2.75) is 20.4 Å². The third-order valence-corrected chi connectivity index (χ3v) is 3.66. The summed E-state index contributed by atoms with van der Waals surface area (Å²) in [5.41, 5.74) is 10.1. The van der Waals surface area contributed by atoms with E-state index < -0.39 is 0 Å². The third kappa shape index (κ3) is 2.96. The highest BCUT2D eigenvalue weighted by atomic mass is 16.3. The lowest BCUT2D eigenvalue weighted by Crippen LogP contribution is -2.22. The van der Waals surface area contributed by atoms with E-state index in [9.17, 15) is 0 Å². The average molecular weight is 293 g/mol. The zero-order chi connectivity index (χ0) is 15.5. The Kier molecular flexibility index (Phi) is 3.83. The number of benzene rings is 2. The summed E-state index contributed by atoms with van der Waals surface area (Å²) in [6.45, 7) is 4.51. The number of furan rings is 1. The number of para-hydroxylation sites is 1. The number of guanidine groups is 1. The summed E-state index contributed by atoms with van der Waals surface area (Å²) < 4.78 is 5.82. The van der Waals surface area contributed by atoms with Gasteiger partial charge in [0.1, 0.15) is 17.9 Å². The smallest absolute Gasteiger partial charge is 0.193 e. The normalized spacial score (nSPS) is 11.8. The molecule has 112 valence electrons. The van der Waals surface area contributed by atoms with Gasteiger partial charge >= 0.3 is 0 Å². The molecule has 0 aliphatic heterocycles. The Bertz CT molecular complexity index is 816. The molecule has 1 aromatic heterocycles. The molecule has 0 amide bonds. The van der Waals surface area contributed by atoms with E-state index in [0.29, 0.717) is 12.5 Å². The molecule has 3 rings (SSSR count). The number of hydrogen-bond donors (Lipinski definition) is 2. The third-order valence-electron chi connectivity index (χ3n) is 3.66. The molecule has 0 atom stereocenters. The predicted octanol–water partition coefficient (Wildman–Crippen LogP) is 3.98. The van der Waals surface area contributed by atoms with E-state index >= 15 is 0 Å². The topological polar surface area (TPSA) is 63.5 Å². The van der Waals surface area contributed by atoms with Crippen LogP contribution in [0.2, 0.25) is 0 Å². The van der Waals surface area contributed by atoms with Crippen LogP contribution in [-0.4, -0.2) is 5.96 Å². The molecular formula is C18H19N3O. The zero-order valence-corrected chi connectivity index (χ0v) is 12.8. The van der Waals surface area contributed by atoms with E-state index in [1.54, 1.807) is 0 Å². The second-order valence-electron chi connectivity index (χ2n) is 5.34. The van der Waals surface area contributed by atoms with Crippen molar-refractivity contribution in [3.63, 3.8) is 0 Å². The quantitative estimate of drug-likeness (QED) is 0.567. The Labute approximate surface area is 129 Å². The highest BCUT2D eigenvalue weighted by molar-refractivity contribution is 5.92. The van der Waals surface area contributed by atoms with Gasteiger partial charge < -0.3 is 15.5 Å². The number of anilines is 1. The first-order chi connectivity index (χ1) is 10.6. The molecule has 0 aliphatic rings. The van der Waals surface area contributed by atoms with E-state index in [0.717, 1.165) is 28.0 Å². The van der Waals surface area contributed by atoms with E-state index in [2.05, 4.69) is 16.4 Å². The van der Waals surface area contributed by atoms with Gasteiger partial charge in [-0.05, 0) is 32.0 Å². The molecule has 0 spiro atoms. The monoisotopic (exact) mass is 293 g/mol. The van der Waals surface area contributed by atoms with Gasteiger partial charge in [-0.2, -0.15) is 0 Å². The van der Waals surface area contributed by atoms with Crippen LogP contribution in [0.25, 0.3) is 11.0 Å². The second kappa shape index (κ2) is 5.93. The van der Waals surface area contributed by atoms with Crippen LogP contribution < -0.4 is 11.1 Å². The van der Waals surface area contributed by atoms with E-state index in [4.69, 9.17) is 10.2 Å². The first-order valence-electron chi connectivity index (χ1n) is 7.24. The summed E-state index contributed by atoms with van der Waals surface area (Å²) in [6, 6.07) is 16.0. The first-order valence-corrected chi connectivity index (χ1v) is 7.24. The standard InChI is InChI=1S/C18H19N3O/c1-12-7-9-14(10-8-12)21-18(19)20-11-17-13(2)15-5-3-4-6-16(15)22-17/h3-10H,11H2,1-2H3,(H3,19,20,21). The minimum Gasteiger partial charge on any atom is -0.459 e. The van der Waals surface area contributed by atoms with Gasteiger partial charge in [0.05, 0.1) is 0 Å². The number of nitrogens with zero attached hydrogens (tertiary/aromatic N) is 1. The molecule has 0 bridgehead atoms. The number of nitrogens with one attached hydrogen (secondary N) is 1. The number of fused-ring (bicyclic) bond motifs is 1. The molecule has 0 radical (unpaired) electrons. The lowest BCUT2D eigenvalue weighted by Gasteiger charge is -2.05. The number of aryl methyl sites for hydroxylation is 2. The summed E-state index contributed by atoms with van der Waals surface area (Å²) in [7, 11) is 0. The Morgan fingerprint density at radius 3 is 2.55 bits per heavy atom. The molecule has 0 aliphatic carbocycles. The number of rotatable bonds is 3. The minimum atomic E-state index is 0.378. The van der Waals surface area contributed by atoms with Crippen molar-refractivity contribution in [3.05, 3.63) is 65.4 Å². The summed E-state index contributed by atoms with van der Waals surface area (Å²) >= 11 is 0. The van der Waals surface area contributed by atoms with Gasteiger partial charge in [-0.25, -0.2) is 4.99 Å². The van der Waals surface area contributed by atoms with Crippen molar-refractivity contribution in [1.82, 2.24) is 0 Å². The molecule has 3 N–H and O–H groups in total. The maximum absolute atomic E-state index is 5.93. The highest BCUT2D eigenvalue weighted by Crippen LogP contribution is 2.25. The van der Waals surface area contributed by atoms with Crippen LogP contribution >= 0.6 is 0 Å². The molecule has 3 aromatic rings. The van der Waals surface area contributed by atoms with Crippen molar-refractivity contribution in [2.24, 2.45) is 10.7 Å². The van der Waals surface area contributed by atoms with Gasteiger partial charge in [-0.1, -0.05) is 35.9 Å². The molecule has 4 heteroatoms. The van der Waals surface area contributed by atoms with Crippen LogP contribution in [0.3, 0.4) is 0 Å². The molecule has 22 heavy (non-hydrogen) atoms. The van der Waals surface area contributed by atoms with Crippen LogP contribution in [0.1, 0.15) is 16.9 Å². The molecular weight excluding hydrogens is 274 g/mol. The minimum absolute atomic E-state index is 0.378. The molecule has 0 unspecified atom stereocenters. The van der Waals surface area contributed by atoms with Crippen molar-refractivity contribution < 1.29 is 4.42 Å². The van der Waals surface area contributed by atoms with Crippen molar-refractivity contribution >= 4 is 22.6 Å². The molecule has 0 fully saturated rings. The SMILES string of the molecule is Cc1ccc(NC(N)=NCc2oc3ccccc3c2C)cc1. The fraction of sp³-hybridized carbons (Fsp3) is 0.167. The van der Waals surface area contributed by atoms with E-state index in [-0.39, 0.29) is 0 Å². The highest BCUT2D eigenvalue weighted by Gasteiger charge is 2.09. The van der Waals surface area contributed by atoms with E-state index in [1.807, 2.05) is 56.3 Å². The van der Waals surface area contributed by atoms with Crippen LogP contribution in [-0.2, 0) is 6.54 Å². The zero-order valence-electron chi connectivity index (χ0n) is 12.8. The summed E-state index contributed by atoms with van der Waals surface area (Å²) in [5, 5.41) is 4.20. The fourth-order valence-electron chi connectivity index (χ4n) is 2.36. The van der Waals surface area contributed by atoms with Gasteiger partial charge in [0.25, 0.3) is 0 Å². The Balaban J connectivity index is 1.74. The van der Waals surface area contributed by atoms with Crippen LogP contribution in [0.15, 0.2) is 57.9 Å². The van der Waals surface area contributed by atoms with Gasteiger partial charge in [-0.15, -0.1) is 0 Å². The molecule has 1 heterocycles. The average Bonchev–Trinajstić information content (AvgIpc) is 2.84. The van der Waals surface area contributed by atoms with Gasteiger partial charge in [0, 0.05) is 16.6 Å². The number of aliphatic imine (C=N–C) groups is 1. The van der Waals surface area contributed by atoms with Gasteiger partial charge in [0.2, 0.25) is 0 Å². The Morgan fingerprint density at radius 1 is 1.09 bits per heavy atom. The van der Waals surface area contributed by atoms with Crippen molar-refractivity contribution in [3.8, 4) is 0 Å². The van der Waals surface area contributed by atoms with Crippen LogP contribution in [0.4, 0.5) is 5.69 Å². The largest absolute Gasteiger partial charge is 0.459 e. The van der Waals surface area contributed by atoms with E-state index in [1.165, 1.54) is 5.56 Å². The second-order valence-corrected chi connectivity index (χ2v) is 5.34. The van der Waals surface area contributed by atoms with Crippen molar-refractivity contribution in [2.75, 3.05) is 5.32 Å².